The lowest BCUT2D eigenvalue weighted by Crippen LogP contribution is -2.20. The van der Waals surface area contributed by atoms with E-state index in [0.29, 0.717) is 27.8 Å². The fourth-order valence-electron chi connectivity index (χ4n) is 3.20. The molecule has 3 aromatic carbocycles. The van der Waals surface area contributed by atoms with Crippen molar-refractivity contribution in [3.63, 3.8) is 0 Å². The maximum Gasteiger partial charge on any atom is 0.282 e. The molecular weight excluding hydrogens is 366 g/mol. The number of para-hydroxylation sites is 3. The molecule has 0 aliphatic heterocycles. The molecule has 2 aromatic heterocycles. The summed E-state index contributed by atoms with van der Waals surface area (Å²) in [6.07, 6.45) is 1.43. The standard InChI is InChI=1S/C23H15N3O3/c27-19-11-5-1-8-16(19)14-24-26-22(21-13-15-7-2-6-12-20(15)29-21)25-18-10-4-3-9-17(18)23(26)28/h1-14,27H. The van der Waals surface area contributed by atoms with E-state index in [4.69, 9.17) is 4.42 Å². The number of aromatic hydroxyl groups is 1. The molecule has 6 heteroatoms. The molecule has 0 radical (unpaired) electrons. The lowest BCUT2D eigenvalue weighted by molar-refractivity contribution is 0.474. The lowest BCUT2D eigenvalue weighted by Gasteiger charge is -2.07. The van der Waals surface area contributed by atoms with Crippen LogP contribution in [-0.2, 0) is 0 Å². The van der Waals surface area contributed by atoms with Crippen molar-refractivity contribution < 1.29 is 9.52 Å². The Morgan fingerprint density at radius 2 is 1.72 bits per heavy atom. The number of hydrogen-bond acceptors (Lipinski definition) is 5. The van der Waals surface area contributed by atoms with Crippen LogP contribution in [-0.4, -0.2) is 21.0 Å². The Hall–Kier alpha value is -4.19. The fraction of sp³-hybridized carbons (Fsp3) is 0. The van der Waals surface area contributed by atoms with Crippen molar-refractivity contribution in [2.75, 3.05) is 0 Å². The Morgan fingerprint density at radius 3 is 2.59 bits per heavy atom. The van der Waals surface area contributed by atoms with Gasteiger partial charge in [-0.05, 0) is 36.4 Å². The van der Waals surface area contributed by atoms with Crippen LogP contribution in [0.15, 0.2) is 93.2 Å². The Morgan fingerprint density at radius 1 is 0.966 bits per heavy atom. The number of phenols is 1. The summed E-state index contributed by atoms with van der Waals surface area (Å²) in [6.45, 7) is 0. The van der Waals surface area contributed by atoms with Gasteiger partial charge in [0, 0.05) is 10.9 Å². The molecule has 0 amide bonds. The van der Waals surface area contributed by atoms with E-state index in [2.05, 4.69) is 10.1 Å². The molecule has 0 spiro atoms. The van der Waals surface area contributed by atoms with Crippen LogP contribution in [0.25, 0.3) is 33.5 Å². The van der Waals surface area contributed by atoms with Gasteiger partial charge in [-0.2, -0.15) is 9.78 Å². The van der Waals surface area contributed by atoms with Gasteiger partial charge in [-0.3, -0.25) is 4.79 Å². The zero-order valence-electron chi connectivity index (χ0n) is 15.2. The van der Waals surface area contributed by atoms with E-state index in [1.807, 2.05) is 36.4 Å². The van der Waals surface area contributed by atoms with Gasteiger partial charge in [0.15, 0.2) is 5.76 Å². The van der Waals surface area contributed by atoms with E-state index in [1.54, 1.807) is 42.5 Å². The first-order chi connectivity index (χ1) is 14.2. The zero-order valence-corrected chi connectivity index (χ0v) is 15.2. The lowest BCUT2D eigenvalue weighted by atomic mass is 10.2. The number of aromatic nitrogens is 2. The summed E-state index contributed by atoms with van der Waals surface area (Å²) in [5.74, 6) is 0.795. The molecular formula is C23H15N3O3. The van der Waals surface area contributed by atoms with E-state index < -0.39 is 0 Å². The maximum atomic E-state index is 13.1. The molecule has 5 rings (SSSR count). The van der Waals surface area contributed by atoms with Crippen molar-refractivity contribution in [1.29, 1.82) is 0 Å². The SMILES string of the molecule is O=c1c2ccccc2nc(-c2cc3ccccc3o2)n1N=Cc1ccccc1O. The van der Waals surface area contributed by atoms with Gasteiger partial charge >= 0.3 is 0 Å². The number of nitrogens with zero attached hydrogens (tertiary/aromatic N) is 3. The van der Waals surface area contributed by atoms with Gasteiger partial charge in [0.2, 0.25) is 5.82 Å². The summed E-state index contributed by atoms with van der Waals surface area (Å²) in [5, 5.41) is 15.7. The van der Waals surface area contributed by atoms with Crippen molar-refractivity contribution in [1.82, 2.24) is 9.66 Å². The molecule has 0 fully saturated rings. The van der Waals surface area contributed by atoms with Crippen LogP contribution >= 0.6 is 0 Å². The van der Waals surface area contributed by atoms with Crippen LogP contribution in [0.5, 0.6) is 5.75 Å². The predicted octanol–water partition coefficient (Wildman–Crippen LogP) is 4.40. The molecule has 140 valence electrons. The molecule has 0 bridgehead atoms. The molecule has 1 N–H and O–H groups in total. The quantitative estimate of drug-likeness (QED) is 0.470. The van der Waals surface area contributed by atoms with Gasteiger partial charge in [0.25, 0.3) is 5.56 Å². The molecule has 0 saturated carbocycles. The fourth-order valence-corrected chi connectivity index (χ4v) is 3.20. The number of furan rings is 1. The largest absolute Gasteiger partial charge is 0.507 e. The normalized spacial score (nSPS) is 11.6. The average molecular weight is 381 g/mol. The highest BCUT2D eigenvalue weighted by Crippen LogP contribution is 2.27. The topological polar surface area (TPSA) is 80.6 Å². The van der Waals surface area contributed by atoms with Crippen LogP contribution in [0.1, 0.15) is 5.56 Å². The number of fused-ring (bicyclic) bond motifs is 2. The Balaban J connectivity index is 1.76. The third-order valence-electron chi connectivity index (χ3n) is 4.65. The zero-order chi connectivity index (χ0) is 19.8. The number of rotatable bonds is 3. The van der Waals surface area contributed by atoms with Crippen molar-refractivity contribution in [3.05, 3.63) is 94.8 Å². The summed E-state index contributed by atoms with van der Waals surface area (Å²) in [5.41, 5.74) is 1.42. The van der Waals surface area contributed by atoms with Crippen LogP contribution in [0.3, 0.4) is 0 Å². The van der Waals surface area contributed by atoms with Crippen LogP contribution in [0.2, 0.25) is 0 Å². The monoisotopic (exact) mass is 381 g/mol. The summed E-state index contributed by atoms with van der Waals surface area (Å²) < 4.78 is 7.13. The molecule has 0 aliphatic rings. The number of benzene rings is 3. The predicted molar refractivity (Wildman–Crippen MR) is 112 cm³/mol. The maximum absolute atomic E-state index is 13.1. The summed E-state index contributed by atoms with van der Waals surface area (Å²) in [6, 6.07) is 23.3. The number of hydrogen-bond donors (Lipinski definition) is 1. The van der Waals surface area contributed by atoms with Crippen LogP contribution in [0.4, 0.5) is 0 Å². The smallest absolute Gasteiger partial charge is 0.282 e. The van der Waals surface area contributed by atoms with Crippen LogP contribution < -0.4 is 5.56 Å². The Labute approximate surface area is 165 Å². The van der Waals surface area contributed by atoms with Gasteiger partial charge in [-0.1, -0.05) is 42.5 Å². The van der Waals surface area contributed by atoms with Gasteiger partial charge in [-0.25, -0.2) is 4.98 Å². The summed E-state index contributed by atoms with van der Waals surface area (Å²) in [4.78, 5) is 17.8. The highest BCUT2D eigenvalue weighted by molar-refractivity contribution is 5.85. The van der Waals surface area contributed by atoms with E-state index in [0.717, 1.165) is 5.39 Å². The molecule has 0 atom stereocenters. The molecule has 6 nitrogen and oxygen atoms in total. The highest BCUT2D eigenvalue weighted by Gasteiger charge is 2.16. The van der Waals surface area contributed by atoms with Crippen molar-refractivity contribution in [2.45, 2.75) is 0 Å². The minimum Gasteiger partial charge on any atom is -0.507 e. The first-order valence-corrected chi connectivity index (χ1v) is 9.04. The van der Waals surface area contributed by atoms with Gasteiger partial charge in [-0.15, -0.1) is 0 Å². The van der Waals surface area contributed by atoms with Crippen molar-refractivity contribution in [2.24, 2.45) is 5.10 Å². The molecule has 2 heterocycles. The number of phenolic OH excluding ortho intramolecular Hbond substituents is 1. The molecule has 0 saturated heterocycles. The molecule has 29 heavy (non-hydrogen) atoms. The van der Waals surface area contributed by atoms with Gasteiger partial charge in [0.05, 0.1) is 17.1 Å². The Kier molecular flexibility index (Phi) is 3.95. The van der Waals surface area contributed by atoms with E-state index >= 15 is 0 Å². The van der Waals surface area contributed by atoms with E-state index in [1.165, 1.54) is 10.9 Å². The van der Waals surface area contributed by atoms with Crippen molar-refractivity contribution >= 4 is 28.1 Å². The van der Waals surface area contributed by atoms with Crippen LogP contribution in [0, 0.1) is 0 Å². The minimum absolute atomic E-state index is 0.0725. The third-order valence-corrected chi connectivity index (χ3v) is 4.65. The molecule has 0 aliphatic carbocycles. The average Bonchev–Trinajstić information content (AvgIpc) is 3.18. The molecule has 5 aromatic rings. The summed E-state index contributed by atoms with van der Waals surface area (Å²) >= 11 is 0. The highest BCUT2D eigenvalue weighted by atomic mass is 16.3. The second-order valence-electron chi connectivity index (χ2n) is 6.52. The second-order valence-corrected chi connectivity index (χ2v) is 6.52. The van der Waals surface area contributed by atoms with Gasteiger partial charge < -0.3 is 9.52 Å². The first kappa shape index (κ1) is 16.9. The molecule has 0 unspecified atom stereocenters. The van der Waals surface area contributed by atoms with E-state index in [-0.39, 0.29) is 17.1 Å². The minimum atomic E-state index is -0.322. The second kappa shape index (κ2) is 6.76. The third kappa shape index (κ3) is 2.96. The summed E-state index contributed by atoms with van der Waals surface area (Å²) in [7, 11) is 0. The van der Waals surface area contributed by atoms with E-state index in [9.17, 15) is 9.90 Å². The first-order valence-electron chi connectivity index (χ1n) is 9.04. The Bertz CT molecular complexity index is 1410. The van der Waals surface area contributed by atoms with Crippen molar-refractivity contribution in [3.8, 4) is 17.3 Å². The van der Waals surface area contributed by atoms with Gasteiger partial charge in [0.1, 0.15) is 11.3 Å².